The van der Waals surface area contributed by atoms with Crippen LogP contribution >= 0.6 is 15.9 Å². The zero-order chi connectivity index (χ0) is 14.1. The molecule has 1 atom stereocenters. The van der Waals surface area contributed by atoms with Gasteiger partial charge < -0.3 is 5.32 Å². The summed E-state index contributed by atoms with van der Waals surface area (Å²) in [7, 11) is 0. The van der Waals surface area contributed by atoms with E-state index in [1.165, 1.54) is 11.1 Å². The summed E-state index contributed by atoms with van der Waals surface area (Å²) in [6, 6.07) is 8.39. The molecule has 0 aliphatic rings. The molecule has 1 N–H and O–H groups in total. The van der Waals surface area contributed by atoms with E-state index < -0.39 is 0 Å². The van der Waals surface area contributed by atoms with Crippen molar-refractivity contribution in [1.29, 1.82) is 0 Å². The number of halogens is 1. The molecule has 0 aliphatic carbocycles. The van der Waals surface area contributed by atoms with E-state index in [1.54, 1.807) is 0 Å². The number of carbonyl (C=O) groups is 1. The third kappa shape index (κ3) is 6.76. The average molecular weight is 326 g/mol. The standard InChI is InChI=1S/C16H24BrNO/c1-3-14(10-11-17)12-18-16(19)9-8-15-6-4-13(2)5-7-15/h4-7,14H,3,8-12H2,1-2H3,(H,18,19). The molecule has 0 aromatic heterocycles. The van der Waals surface area contributed by atoms with E-state index in [-0.39, 0.29) is 5.91 Å². The Morgan fingerprint density at radius 3 is 2.58 bits per heavy atom. The van der Waals surface area contributed by atoms with Crippen molar-refractivity contribution >= 4 is 21.8 Å². The van der Waals surface area contributed by atoms with Gasteiger partial charge in [-0.05, 0) is 31.2 Å². The Bertz CT molecular complexity index is 375. The number of nitrogens with one attached hydrogen (secondary N) is 1. The number of hydrogen-bond donors (Lipinski definition) is 1. The molecule has 0 saturated carbocycles. The van der Waals surface area contributed by atoms with Gasteiger partial charge in [0.2, 0.25) is 5.91 Å². The van der Waals surface area contributed by atoms with E-state index in [0.717, 1.165) is 31.1 Å². The van der Waals surface area contributed by atoms with Crippen molar-refractivity contribution < 1.29 is 4.79 Å². The fourth-order valence-corrected chi connectivity index (χ4v) is 2.61. The largest absolute Gasteiger partial charge is 0.356 e. The SMILES string of the molecule is CCC(CCBr)CNC(=O)CCc1ccc(C)cc1. The topological polar surface area (TPSA) is 29.1 Å². The molecule has 1 aromatic carbocycles. The first-order valence-electron chi connectivity index (χ1n) is 7.04. The molecule has 1 unspecified atom stereocenters. The first-order valence-corrected chi connectivity index (χ1v) is 8.16. The van der Waals surface area contributed by atoms with E-state index >= 15 is 0 Å². The zero-order valence-corrected chi connectivity index (χ0v) is 13.5. The summed E-state index contributed by atoms with van der Waals surface area (Å²) in [5.41, 5.74) is 2.49. The highest BCUT2D eigenvalue weighted by Crippen LogP contribution is 2.09. The van der Waals surface area contributed by atoms with Crippen molar-refractivity contribution in [3.63, 3.8) is 0 Å². The summed E-state index contributed by atoms with van der Waals surface area (Å²) >= 11 is 3.45. The first-order chi connectivity index (χ1) is 9.15. The van der Waals surface area contributed by atoms with Gasteiger partial charge in [-0.3, -0.25) is 4.79 Å². The molecule has 1 amide bonds. The molecule has 0 fully saturated rings. The third-order valence-electron chi connectivity index (χ3n) is 3.44. The minimum Gasteiger partial charge on any atom is -0.356 e. The van der Waals surface area contributed by atoms with Gasteiger partial charge in [-0.2, -0.15) is 0 Å². The van der Waals surface area contributed by atoms with Gasteiger partial charge in [-0.15, -0.1) is 0 Å². The van der Waals surface area contributed by atoms with Gasteiger partial charge in [0.15, 0.2) is 0 Å². The molecule has 1 rings (SSSR count). The maximum absolute atomic E-state index is 11.8. The number of amides is 1. The van der Waals surface area contributed by atoms with Crippen molar-refractivity contribution in [2.45, 2.75) is 39.5 Å². The molecule has 0 aliphatic heterocycles. The predicted molar refractivity (Wildman–Crippen MR) is 84.7 cm³/mol. The first kappa shape index (κ1) is 16.2. The van der Waals surface area contributed by atoms with Crippen molar-refractivity contribution in [3.8, 4) is 0 Å². The Morgan fingerprint density at radius 1 is 1.32 bits per heavy atom. The normalized spacial score (nSPS) is 12.2. The van der Waals surface area contributed by atoms with Crippen LogP contribution in [0.15, 0.2) is 24.3 Å². The van der Waals surface area contributed by atoms with E-state index in [4.69, 9.17) is 0 Å². The van der Waals surface area contributed by atoms with Gasteiger partial charge in [0, 0.05) is 18.3 Å². The molecule has 0 bridgehead atoms. The molecule has 0 heterocycles. The van der Waals surface area contributed by atoms with Crippen molar-refractivity contribution in [2.24, 2.45) is 5.92 Å². The minimum absolute atomic E-state index is 0.161. The summed E-state index contributed by atoms with van der Waals surface area (Å²) in [5.74, 6) is 0.747. The van der Waals surface area contributed by atoms with Crippen LogP contribution in [0.5, 0.6) is 0 Å². The second-order valence-corrected chi connectivity index (χ2v) is 5.83. The number of hydrogen-bond acceptors (Lipinski definition) is 1. The summed E-state index contributed by atoms with van der Waals surface area (Å²) < 4.78 is 0. The number of carbonyl (C=O) groups excluding carboxylic acids is 1. The smallest absolute Gasteiger partial charge is 0.220 e. The predicted octanol–water partition coefficient (Wildman–Crippen LogP) is 3.86. The Labute approximate surface area is 125 Å². The fraction of sp³-hybridized carbons (Fsp3) is 0.562. The highest BCUT2D eigenvalue weighted by Gasteiger charge is 2.08. The molecule has 0 radical (unpaired) electrons. The molecule has 106 valence electrons. The lowest BCUT2D eigenvalue weighted by Crippen LogP contribution is -2.29. The monoisotopic (exact) mass is 325 g/mol. The van der Waals surface area contributed by atoms with Crippen LogP contribution < -0.4 is 5.32 Å². The quantitative estimate of drug-likeness (QED) is 0.722. The number of alkyl halides is 1. The van der Waals surface area contributed by atoms with Crippen molar-refractivity contribution in [3.05, 3.63) is 35.4 Å². The molecule has 19 heavy (non-hydrogen) atoms. The number of benzene rings is 1. The van der Waals surface area contributed by atoms with Crippen molar-refractivity contribution in [1.82, 2.24) is 5.32 Å². The van der Waals surface area contributed by atoms with Crippen LogP contribution in [0.1, 0.15) is 37.3 Å². The van der Waals surface area contributed by atoms with E-state index in [1.807, 2.05) is 0 Å². The Balaban J connectivity index is 2.25. The van der Waals surface area contributed by atoms with Gasteiger partial charge in [-0.1, -0.05) is 59.1 Å². The van der Waals surface area contributed by atoms with Crippen LogP contribution in [0.4, 0.5) is 0 Å². The van der Waals surface area contributed by atoms with E-state index in [0.29, 0.717) is 12.3 Å². The van der Waals surface area contributed by atoms with Gasteiger partial charge >= 0.3 is 0 Å². The summed E-state index contributed by atoms with van der Waals surface area (Å²) in [6.45, 7) is 5.05. The lowest BCUT2D eigenvalue weighted by molar-refractivity contribution is -0.121. The van der Waals surface area contributed by atoms with E-state index in [2.05, 4.69) is 59.4 Å². The molecule has 0 spiro atoms. The second-order valence-electron chi connectivity index (χ2n) is 5.04. The lowest BCUT2D eigenvalue weighted by Gasteiger charge is -2.14. The summed E-state index contributed by atoms with van der Waals surface area (Å²) in [4.78, 5) is 11.8. The molecule has 2 nitrogen and oxygen atoms in total. The maximum Gasteiger partial charge on any atom is 0.220 e. The Morgan fingerprint density at radius 2 is 2.00 bits per heavy atom. The van der Waals surface area contributed by atoms with Crippen LogP contribution in [-0.2, 0) is 11.2 Å². The molecule has 3 heteroatoms. The second kappa shape index (κ2) is 9.13. The van der Waals surface area contributed by atoms with Crippen LogP contribution in [0, 0.1) is 12.8 Å². The van der Waals surface area contributed by atoms with Crippen LogP contribution in [-0.4, -0.2) is 17.8 Å². The van der Waals surface area contributed by atoms with Crippen LogP contribution in [0.3, 0.4) is 0 Å². The minimum atomic E-state index is 0.161. The van der Waals surface area contributed by atoms with Gasteiger partial charge in [0.05, 0.1) is 0 Å². The van der Waals surface area contributed by atoms with Crippen LogP contribution in [0.2, 0.25) is 0 Å². The zero-order valence-electron chi connectivity index (χ0n) is 11.9. The van der Waals surface area contributed by atoms with Crippen molar-refractivity contribution in [2.75, 3.05) is 11.9 Å². The molecular formula is C16H24BrNO. The number of rotatable bonds is 8. The Hall–Kier alpha value is -0.830. The summed E-state index contributed by atoms with van der Waals surface area (Å²) in [5, 5.41) is 4.05. The molecule has 1 aromatic rings. The molecular weight excluding hydrogens is 302 g/mol. The highest BCUT2D eigenvalue weighted by atomic mass is 79.9. The average Bonchev–Trinajstić information content (AvgIpc) is 2.42. The maximum atomic E-state index is 11.8. The van der Waals surface area contributed by atoms with E-state index in [9.17, 15) is 4.79 Å². The van der Waals surface area contributed by atoms with Crippen LogP contribution in [0.25, 0.3) is 0 Å². The fourth-order valence-electron chi connectivity index (χ4n) is 1.96. The molecule has 0 saturated heterocycles. The summed E-state index contributed by atoms with van der Waals surface area (Å²) in [6.07, 6.45) is 3.63. The van der Waals surface area contributed by atoms with Gasteiger partial charge in [-0.25, -0.2) is 0 Å². The lowest BCUT2D eigenvalue weighted by atomic mass is 10.0. The highest BCUT2D eigenvalue weighted by molar-refractivity contribution is 9.09. The van der Waals surface area contributed by atoms with Gasteiger partial charge in [0.1, 0.15) is 0 Å². The van der Waals surface area contributed by atoms with Gasteiger partial charge in [0.25, 0.3) is 0 Å². The third-order valence-corrected chi connectivity index (χ3v) is 3.90. The number of aryl methyl sites for hydroxylation is 2. The Kier molecular flexibility index (Phi) is 7.80.